The van der Waals surface area contributed by atoms with E-state index in [1.807, 2.05) is 0 Å². The van der Waals surface area contributed by atoms with E-state index in [4.69, 9.17) is 4.42 Å². The van der Waals surface area contributed by atoms with E-state index in [-0.39, 0.29) is 0 Å². The Hall–Kier alpha value is -6.06. The van der Waals surface area contributed by atoms with Crippen LogP contribution >= 0.6 is 0 Å². The summed E-state index contributed by atoms with van der Waals surface area (Å²) in [7, 11) is 0. The minimum Gasteiger partial charge on any atom is -0.456 e. The van der Waals surface area contributed by atoms with Gasteiger partial charge in [0.2, 0.25) is 0 Å². The van der Waals surface area contributed by atoms with Crippen molar-refractivity contribution < 1.29 is 4.42 Å². The Kier molecular flexibility index (Phi) is 4.32. The summed E-state index contributed by atoms with van der Waals surface area (Å²) in [6, 6.07) is 52.8. The number of para-hydroxylation sites is 3. The number of benzene rings is 8. The topological polar surface area (TPSA) is 23.0 Å². The van der Waals surface area contributed by atoms with Gasteiger partial charge in [0.25, 0.3) is 0 Å². The highest BCUT2D eigenvalue weighted by Crippen LogP contribution is 2.45. The highest BCUT2D eigenvalue weighted by atomic mass is 16.3. The smallest absolute Gasteiger partial charge is 0.136 e. The molecular formula is C42H24N2O. The summed E-state index contributed by atoms with van der Waals surface area (Å²) in [6.07, 6.45) is 0. The van der Waals surface area contributed by atoms with Gasteiger partial charge in [0.15, 0.2) is 0 Å². The van der Waals surface area contributed by atoms with E-state index < -0.39 is 0 Å². The maximum absolute atomic E-state index is 6.33. The highest BCUT2D eigenvalue weighted by molar-refractivity contribution is 6.33. The van der Waals surface area contributed by atoms with Gasteiger partial charge in [0.1, 0.15) is 11.2 Å². The molecule has 11 rings (SSSR count). The first-order valence-electron chi connectivity index (χ1n) is 15.5. The van der Waals surface area contributed by atoms with Crippen molar-refractivity contribution in [1.82, 2.24) is 9.13 Å². The Morgan fingerprint density at radius 1 is 0.333 bits per heavy atom. The van der Waals surface area contributed by atoms with Crippen LogP contribution < -0.4 is 0 Å². The molecule has 0 aliphatic rings. The minimum absolute atomic E-state index is 0.942. The van der Waals surface area contributed by atoms with E-state index in [0.29, 0.717) is 0 Å². The average Bonchev–Trinajstić information content (AvgIpc) is 3.76. The van der Waals surface area contributed by atoms with Crippen molar-refractivity contribution in [2.45, 2.75) is 0 Å². The predicted octanol–water partition coefficient (Wildman–Crippen LogP) is 11.5. The molecule has 8 aromatic carbocycles. The van der Waals surface area contributed by atoms with Crippen LogP contribution in [0.3, 0.4) is 0 Å². The van der Waals surface area contributed by atoms with Crippen LogP contribution in [0, 0.1) is 0 Å². The molecule has 0 aliphatic carbocycles. The second-order valence-corrected chi connectivity index (χ2v) is 12.1. The molecule has 45 heavy (non-hydrogen) atoms. The number of fused-ring (bicyclic) bond motifs is 10. The van der Waals surface area contributed by atoms with E-state index in [1.54, 1.807) is 0 Å². The number of aromatic nitrogens is 2. The third-order valence-corrected chi connectivity index (χ3v) is 9.85. The lowest BCUT2D eigenvalue weighted by molar-refractivity contribution is 0.669. The third-order valence-electron chi connectivity index (χ3n) is 9.85. The molecule has 3 aromatic heterocycles. The van der Waals surface area contributed by atoms with Crippen LogP contribution in [0.1, 0.15) is 0 Å². The normalized spacial score (nSPS) is 12.4. The molecule has 0 spiro atoms. The predicted molar refractivity (Wildman–Crippen MR) is 189 cm³/mol. The molecule has 3 nitrogen and oxygen atoms in total. The van der Waals surface area contributed by atoms with Gasteiger partial charge < -0.3 is 13.6 Å². The molecule has 0 radical (unpaired) electrons. The van der Waals surface area contributed by atoms with Gasteiger partial charge >= 0.3 is 0 Å². The molecule has 3 heterocycles. The van der Waals surface area contributed by atoms with Crippen molar-refractivity contribution in [2.75, 3.05) is 0 Å². The van der Waals surface area contributed by atoms with Gasteiger partial charge in [-0.2, -0.15) is 0 Å². The standard InChI is InChI=1S/C42H24N2O/c1-2-10-25(11-3-1)43-35-16-6-4-12-28(35)32-22-23-33-29-13-5-7-17-36(29)44(42(33)41(32)43)26-20-21-27-30-14-8-18-37-39(30)40-31(34(27)24-26)15-9-19-38(40)45-37/h1-24H. The van der Waals surface area contributed by atoms with Crippen molar-refractivity contribution in [3.63, 3.8) is 0 Å². The Bertz CT molecular complexity index is 2970. The second kappa shape index (κ2) is 8.31. The van der Waals surface area contributed by atoms with E-state index in [2.05, 4.69) is 155 Å². The fourth-order valence-electron chi connectivity index (χ4n) is 8.06. The third kappa shape index (κ3) is 2.90. The molecule has 0 aliphatic heterocycles. The van der Waals surface area contributed by atoms with Crippen LogP contribution in [0.4, 0.5) is 0 Å². The van der Waals surface area contributed by atoms with Gasteiger partial charge in [-0.1, -0.05) is 97.1 Å². The zero-order valence-corrected chi connectivity index (χ0v) is 24.2. The Labute approximate surface area is 257 Å². The lowest BCUT2D eigenvalue weighted by atomic mass is 9.94. The summed E-state index contributed by atoms with van der Waals surface area (Å²) >= 11 is 0. The SMILES string of the molecule is c1ccc(-n2c3ccccc3c3ccc4c5ccccc5n(-c5ccc6c(c5)c5cccc7oc8cccc6c8c75)c4c32)cc1. The number of furan rings is 1. The van der Waals surface area contributed by atoms with Gasteiger partial charge in [0.05, 0.1) is 22.1 Å². The summed E-state index contributed by atoms with van der Waals surface area (Å²) in [5.74, 6) is 0. The number of nitrogens with zero attached hydrogens (tertiary/aromatic N) is 2. The molecule has 0 saturated heterocycles. The van der Waals surface area contributed by atoms with Crippen LogP contribution in [0.2, 0.25) is 0 Å². The molecule has 0 atom stereocenters. The lowest BCUT2D eigenvalue weighted by Crippen LogP contribution is -1.98. The zero-order valence-electron chi connectivity index (χ0n) is 24.2. The number of hydrogen-bond acceptors (Lipinski definition) is 1. The molecule has 208 valence electrons. The van der Waals surface area contributed by atoms with Crippen molar-refractivity contribution in [2.24, 2.45) is 0 Å². The van der Waals surface area contributed by atoms with E-state index in [1.165, 1.54) is 75.9 Å². The van der Waals surface area contributed by atoms with Crippen molar-refractivity contribution in [3.8, 4) is 11.4 Å². The molecule has 0 unspecified atom stereocenters. The fraction of sp³-hybridized carbons (Fsp3) is 0. The molecule has 0 amide bonds. The Balaban J connectivity index is 1.35. The van der Waals surface area contributed by atoms with Gasteiger partial charge in [-0.3, -0.25) is 0 Å². The first-order valence-corrected chi connectivity index (χ1v) is 15.5. The Morgan fingerprint density at radius 2 is 0.844 bits per heavy atom. The van der Waals surface area contributed by atoms with Gasteiger partial charge in [-0.25, -0.2) is 0 Å². The summed E-state index contributed by atoms with van der Waals surface area (Å²) in [6.45, 7) is 0. The maximum atomic E-state index is 6.33. The number of rotatable bonds is 2. The first kappa shape index (κ1) is 23.4. The monoisotopic (exact) mass is 572 g/mol. The molecule has 0 saturated carbocycles. The summed E-state index contributed by atoms with van der Waals surface area (Å²) in [4.78, 5) is 0. The molecule has 11 aromatic rings. The lowest BCUT2D eigenvalue weighted by Gasteiger charge is -2.14. The quantitative estimate of drug-likeness (QED) is 0.189. The van der Waals surface area contributed by atoms with Crippen molar-refractivity contribution in [3.05, 3.63) is 146 Å². The average molecular weight is 573 g/mol. The molecule has 0 N–H and O–H groups in total. The maximum Gasteiger partial charge on any atom is 0.136 e. The summed E-state index contributed by atoms with van der Waals surface area (Å²) in [5.41, 5.74) is 9.04. The van der Waals surface area contributed by atoms with Crippen LogP contribution in [0.15, 0.2) is 150 Å². The summed E-state index contributed by atoms with van der Waals surface area (Å²) < 4.78 is 11.3. The summed E-state index contributed by atoms with van der Waals surface area (Å²) in [5, 5.41) is 12.4. The molecular weight excluding hydrogens is 548 g/mol. The van der Waals surface area contributed by atoms with Crippen LogP contribution in [0.5, 0.6) is 0 Å². The van der Waals surface area contributed by atoms with E-state index in [0.717, 1.165) is 22.5 Å². The molecule has 3 heteroatoms. The Morgan fingerprint density at radius 3 is 1.49 bits per heavy atom. The second-order valence-electron chi connectivity index (χ2n) is 12.1. The van der Waals surface area contributed by atoms with Crippen LogP contribution in [0.25, 0.3) is 98.5 Å². The largest absolute Gasteiger partial charge is 0.456 e. The van der Waals surface area contributed by atoms with Gasteiger partial charge in [-0.05, 0) is 70.1 Å². The van der Waals surface area contributed by atoms with E-state index in [9.17, 15) is 0 Å². The zero-order chi connectivity index (χ0) is 29.2. The number of hydrogen-bond donors (Lipinski definition) is 0. The highest BCUT2D eigenvalue weighted by Gasteiger charge is 2.22. The molecule has 0 bridgehead atoms. The fourth-order valence-corrected chi connectivity index (χ4v) is 8.06. The first-order chi connectivity index (χ1) is 22.3. The van der Waals surface area contributed by atoms with Crippen LogP contribution in [-0.4, -0.2) is 9.13 Å². The van der Waals surface area contributed by atoms with Crippen molar-refractivity contribution in [1.29, 1.82) is 0 Å². The van der Waals surface area contributed by atoms with E-state index >= 15 is 0 Å². The van der Waals surface area contributed by atoms with Gasteiger partial charge in [0, 0.05) is 43.7 Å². The molecule has 0 fully saturated rings. The van der Waals surface area contributed by atoms with Gasteiger partial charge in [-0.15, -0.1) is 0 Å². The minimum atomic E-state index is 0.942. The van der Waals surface area contributed by atoms with Crippen LogP contribution in [-0.2, 0) is 0 Å². The van der Waals surface area contributed by atoms with Crippen molar-refractivity contribution >= 4 is 87.1 Å².